The number of fused-ring (bicyclic) bond motifs is 10. The van der Waals surface area contributed by atoms with E-state index in [9.17, 15) is 9.13 Å². The molecule has 147 heavy (non-hydrogen) atoms. The Kier molecular flexibility index (Phi) is 33.9. The van der Waals surface area contributed by atoms with E-state index in [1.165, 1.54) is 32.9 Å². The van der Waals surface area contributed by atoms with Crippen molar-refractivity contribution < 1.29 is 112 Å². The van der Waals surface area contributed by atoms with Crippen LogP contribution in [0, 0.1) is 24.3 Å². The monoisotopic (exact) mass is 2700 g/mol. The van der Waals surface area contributed by atoms with Gasteiger partial charge in [-0.3, -0.25) is 13.7 Å². The summed E-state index contributed by atoms with van der Waals surface area (Å²) in [6, 6.07) is 161. The van der Waals surface area contributed by atoms with Crippen molar-refractivity contribution in [2.24, 2.45) is 0 Å². The molecule has 730 valence electrons. The van der Waals surface area contributed by atoms with Gasteiger partial charge >= 0.3 is 0 Å². The fourth-order valence-corrected chi connectivity index (χ4v) is 26.2. The van der Waals surface area contributed by atoms with Crippen LogP contribution in [0.15, 0.2) is 480 Å². The Morgan fingerprint density at radius 1 is 0.327 bits per heavy atom. The van der Waals surface area contributed by atoms with E-state index in [2.05, 4.69) is 215 Å². The molecule has 21 heteroatoms. The number of pyridine rings is 5. The summed E-state index contributed by atoms with van der Waals surface area (Å²) in [5.41, 5.74) is 15.1. The van der Waals surface area contributed by atoms with Gasteiger partial charge in [0.25, 0.3) is 14.7 Å². The zero-order valence-electron chi connectivity index (χ0n) is 79.9. The first-order valence-electron chi connectivity index (χ1n) is 47.5. The van der Waals surface area contributed by atoms with Gasteiger partial charge in [-0.1, -0.05) is 287 Å². The Labute approximate surface area is 911 Å². The second-order valence-electron chi connectivity index (χ2n) is 35.1. The maximum Gasteiger partial charge on any atom is 0.290 e. The van der Waals surface area contributed by atoms with Crippen molar-refractivity contribution in [3.05, 3.63) is 515 Å². The first-order chi connectivity index (χ1) is 70.2. The van der Waals surface area contributed by atoms with Crippen molar-refractivity contribution in [2.75, 3.05) is 6.61 Å². The number of nitrogens with zero attached hydrogens (tertiary/aromatic N) is 6. The van der Waals surface area contributed by atoms with Crippen LogP contribution in [0.1, 0.15) is 44.7 Å². The Bertz CT molecular complexity index is 8660. The van der Waals surface area contributed by atoms with Crippen LogP contribution in [0.25, 0.3) is 127 Å². The average molecular weight is 2700 g/mol. The summed E-state index contributed by atoms with van der Waals surface area (Å²) in [7, 11) is -11.4. The summed E-state index contributed by atoms with van der Waals surface area (Å²) < 4.78 is 71.5. The van der Waals surface area contributed by atoms with Crippen LogP contribution in [0.2, 0.25) is 0 Å². The first-order valence-corrected chi connectivity index (χ1v) is 53.6. The van der Waals surface area contributed by atoms with Crippen molar-refractivity contribution in [1.82, 2.24) is 29.5 Å². The molecule has 4 radical (unpaired) electrons. The summed E-state index contributed by atoms with van der Waals surface area (Å²) >= 11 is 0. The second-order valence-corrected chi connectivity index (χ2v) is 43.9. The molecule has 17 aromatic carbocycles. The molecule has 13 nitrogen and oxygen atoms in total. The zero-order chi connectivity index (χ0) is 97.1. The van der Waals surface area contributed by atoms with E-state index in [1.807, 2.05) is 286 Å². The van der Waals surface area contributed by atoms with Crippen molar-refractivity contribution in [3.8, 4) is 79.2 Å². The zero-order valence-corrected chi connectivity index (χ0v) is 93.1. The Balaban J connectivity index is 0.000000137. The quantitative estimate of drug-likeness (QED) is 0.0340. The van der Waals surface area contributed by atoms with Gasteiger partial charge in [-0.2, -0.15) is 0 Å². The van der Waals surface area contributed by atoms with Crippen LogP contribution in [-0.2, 0) is 104 Å². The summed E-state index contributed by atoms with van der Waals surface area (Å²) in [5.74, 6) is 1.74. The molecule has 6 aromatic heterocycles. The Morgan fingerprint density at radius 2 is 0.810 bits per heavy atom. The minimum Gasteiger partial charge on any atom is -0.474 e. The van der Waals surface area contributed by atoms with Crippen LogP contribution in [-0.4, -0.2) is 36.1 Å². The molecule has 4 atom stereocenters. The molecule has 1 aliphatic carbocycles. The van der Waals surface area contributed by atoms with Gasteiger partial charge in [0.1, 0.15) is 19.6 Å². The summed E-state index contributed by atoms with van der Waals surface area (Å²) in [6.45, 7) is 7.17. The summed E-state index contributed by atoms with van der Waals surface area (Å²) in [4.78, 5) is 22.7. The van der Waals surface area contributed by atoms with Crippen LogP contribution in [0.5, 0.6) is 17.4 Å². The fourth-order valence-electron chi connectivity index (χ4n) is 18.4. The molecule has 0 N–H and O–H groups in total. The maximum absolute atomic E-state index is 15.4. The molecule has 24 rings (SSSR count). The van der Waals surface area contributed by atoms with Gasteiger partial charge in [0.05, 0.1) is 28.2 Å². The number of rotatable bonds is 23. The largest absolute Gasteiger partial charge is 0.474 e. The number of benzene rings is 17. The van der Waals surface area contributed by atoms with Gasteiger partial charge in [-0.25, -0.2) is 4.98 Å². The molecule has 23 aromatic rings. The number of para-hydroxylation sites is 3. The van der Waals surface area contributed by atoms with E-state index in [4.69, 9.17) is 23.1 Å². The molecular weight excluding hydrogens is 2600 g/mol. The van der Waals surface area contributed by atoms with Crippen LogP contribution in [0.4, 0.5) is 0 Å². The smallest absolute Gasteiger partial charge is 0.290 e. The van der Waals surface area contributed by atoms with Gasteiger partial charge in [-0.15, -0.1) is 119 Å². The normalized spacial score (nSPS) is 12.9. The van der Waals surface area contributed by atoms with Crippen molar-refractivity contribution >= 4 is 138 Å². The molecule has 0 saturated carbocycles. The number of unbranched alkanes of at least 4 members (excludes halogenated alkanes) is 1. The van der Waals surface area contributed by atoms with Gasteiger partial charge in [0.15, 0.2) is 0 Å². The minimum atomic E-state index is -3.51. The van der Waals surface area contributed by atoms with E-state index in [-0.39, 0.29) is 85.8 Å². The molecule has 0 spiro atoms. The topological polar surface area (TPSA) is 158 Å². The number of hydrogen-bond donors (Lipinski definition) is 0. The van der Waals surface area contributed by atoms with Crippen LogP contribution >= 0.6 is 30.3 Å². The van der Waals surface area contributed by atoms with Gasteiger partial charge in [0, 0.05) is 150 Å². The Morgan fingerprint density at radius 3 is 1.38 bits per heavy atom. The molecule has 0 saturated heterocycles. The third-order valence-corrected chi connectivity index (χ3v) is 34.8. The molecular formula is C126H94Ir4N6O7P4-4. The Hall–Kier alpha value is -13.6. The van der Waals surface area contributed by atoms with E-state index in [0.717, 1.165) is 134 Å². The van der Waals surface area contributed by atoms with E-state index >= 15 is 4.57 Å². The predicted molar refractivity (Wildman–Crippen MR) is 588 cm³/mol. The predicted octanol–water partition coefficient (Wildman–Crippen LogP) is 28.7. The third kappa shape index (κ3) is 22.4. The standard InChI is InChI=1S/C46H38N2O2P.C27H19NO2P.C27H19NOP.C26H18N2O2P.4Ir/c1-4-5-27-50-51(49,34-21-19-32(20-22-34)45-36-16-10-9-13-31(36)25-26-47-45)35-23-24-43-39(28-35)40-29-38-37-17-11-12-18-41(37)46(2,3)42(38)30-44(40)48(43)33-14-7-6-8-15-33;29-31(24-14-5-2-6-15-24,30-23-12-3-1-4-13-23)25-16-9-11-22(20-25)27-26-17-8-7-10-21(26)18-19-28-27;1-3-10-23(11-4-1)29-30(24-12-5-2-6-13-24)25-17-15-22(16-18-25)27-26-14-8-7-9-21(26)19-20-28-27;29-31(23-12-2-1-3-13-23,30-26-15-6-7-16-27-26)24-14-8-11-21(17-24)25-18-20-9-4-5-10-22(20)19-28-25;;;;/h6-19,21-26,28-30H,4-5,27H2,1-3H3;1-10,12-20H;1-15,17-20H;1-10,12-19H;;;;/q4*-1;;;;. The third-order valence-electron chi connectivity index (χ3n) is 25.6. The minimum absolute atomic E-state index is 0. The SMILES string of the molecule is CCCCOP(=O)(c1c[c-]c(-c2nccc3ccccc23)cc1)c1ccc2c(c1)c1cc3c(cc1n2-c1ccccc1)C(C)(C)c1ccccc1-3.O=P(Oc1ccccc1)(c1ccccc1)c1cc[c-]c(-c2nccc3ccccc23)c1.O=P(Oc1ccccn1)(c1ccccc1)c1cc[c-]c(-c2cc3ccccc3cn2)c1.[Ir].[Ir].[Ir].[Ir].[c-]1cc(P(Oc2ccccc2)c2ccccc2)ccc1-c1nccc2ccccc12. The second kappa shape index (κ2) is 47.5. The molecule has 1 aliphatic rings. The van der Waals surface area contributed by atoms with Crippen molar-refractivity contribution in [2.45, 2.75) is 39.0 Å². The molecule has 0 amide bonds. The maximum atomic E-state index is 15.4. The molecule has 0 aliphatic heterocycles. The number of hydrogen-bond acceptors (Lipinski definition) is 12. The van der Waals surface area contributed by atoms with Gasteiger partial charge < -0.3 is 42.6 Å². The van der Waals surface area contributed by atoms with E-state index in [1.54, 1.807) is 48.8 Å². The van der Waals surface area contributed by atoms with Crippen molar-refractivity contribution in [1.29, 1.82) is 0 Å². The molecule has 0 fully saturated rings. The van der Waals surface area contributed by atoms with E-state index in [0.29, 0.717) is 50.1 Å². The molecule has 4 unspecified atom stereocenters. The fraction of sp³-hybridized carbons (Fsp3) is 0.0556. The first kappa shape index (κ1) is 105. The summed E-state index contributed by atoms with van der Waals surface area (Å²) in [5, 5.41) is 17.0. The van der Waals surface area contributed by atoms with Crippen molar-refractivity contribution in [3.63, 3.8) is 0 Å². The average Bonchev–Trinajstić information content (AvgIpc) is 1.54. The molecule has 0 bridgehead atoms. The van der Waals surface area contributed by atoms with Gasteiger partial charge in [0.2, 0.25) is 13.2 Å². The van der Waals surface area contributed by atoms with Crippen LogP contribution in [0.3, 0.4) is 0 Å². The van der Waals surface area contributed by atoms with Crippen LogP contribution < -0.4 is 56.0 Å². The number of aromatic nitrogens is 6. The molecule has 6 heterocycles. The van der Waals surface area contributed by atoms with Gasteiger partial charge in [-0.05, 0) is 226 Å². The van der Waals surface area contributed by atoms with E-state index < -0.39 is 30.3 Å². The summed E-state index contributed by atoms with van der Waals surface area (Å²) in [6.07, 6.45) is 10.7.